The molecule has 0 saturated carbocycles. The van der Waals surface area contributed by atoms with Crippen LogP contribution in [0.1, 0.15) is 23.6 Å². The van der Waals surface area contributed by atoms with Crippen LogP contribution in [0, 0.1) is 6.92 Å². The summed E-state index contributed by atoms with van der Waals surface area (Å²) in [4.78, 5) is 36.1. The molecule has 2 rings (SSSR count). The van der Waals surface area contributed by atoms with Crippen molar-refractivity contribution in [2.45, 2.75) is 38.8 Å². The number of benzene rings is 2. The van der Waals surface area contributed by atoms with Crippen molar-refractivity contribution in [1.82, 2.24) is 10.6 Å². The van der Waals surface area contributed by atoms with Crippen molar-refractivity contribution in [3.63, 3.8) is 0 Å². The molecule has 2 aromatic carbocycles. The number of amides is 3. The fourth-order valence-corrected chi connectivity index (χ4v) is 2.86. The molecule has 0 radical (unpaired) electrons. The minimum absolute atomic E-state index is 0.297. The summed E-state index contributed by atoms with van der Waals surface area (Å²) < 4.78 is 0. The molecule has 0 aliphatic rings. The molecular formula is C21H25N3O3. The summed E-state index contributed by atoms with van der Waals surface area (Å²) in [6, 6.07) is 15.3. The average Bonchev–Trinajstić information content (AvgIpc) is 2.62. The normalized spacial score (nSPS) is 12.7. The second kappa shape index (κ2) is 9.52. The van der Waals surface area contributed by atoms with Gasteiger partial charge in [0, 0.05) is 19.8 Å². The number of rotatable bonds is 8. The van der Waals surface area contributed by atoms with Gasteiger partial charge < -0.3 is 16.4 Å². The van der Waals surface area contributed by atoms with E-state index in [1.807, 2.05) is 61.5 Å². The zero-order valence-electron chi connectivity index (χ0n) is 15.6. The summed E-state index contributed by atoms with van der Waals surface area (Å²) in [6.45, 7) is 3.29. The van der Waals surface area contributed by atoms with E-state index in [0.717, 1.165) is 16.7 Å². The molecule has 2 aromatic rings. The molecule has 4 N–H and O–H groups in total. The number of hydrogen-bond donors (Lipinski definition) is 3. The highest BCUT2D eigenvalue weighted by atomic mass is 16.2. The molecule has 0 fully saturated rings. The van der Waals surface area contributed by atoms with Crippen LogP contribution in [0.2, 0.25) is 0 Å². The molecule has 6 heteroatoms. The van der Waals surface area contributed by atoms with E-state index in [1.165, 1.54) is 6.92 Å². The Balaban J connectivity index is 2.13. The number of primary amides is 1. The Morgan fingerprint density at radius 2 is 1.52 bits per heavy atom. The van der Waals surface area contributed by atoms with E-state index in [4.69, 9.17) is 5.73 Å². The van der Waals surface area contributed by atoms with E-state index in [-0.39, 0.29) is 5.91 Å². The van der Waals surface area contributed by atoms with E-state index < -0.39 is 23.9 Å². The Morgan fingerprint density at radius 3 is 2.11 bits per heavy atom. The predicted molar refractivity (Wildman–Crippen MR) is 104 cm³/mol. The summed E-state index contributed by atoms with van der Waals surface area (Å²) in [5.41, 5.74) is 8.35. The van der Waals surface area contributed by atoms with Gasteiger partial charge in [-0.2, -0.15) is 0 Å². The highest BCUT2D eigenvalue weighted by Crippen LogP contribution is 2.10. The standard InChI is InChI=1S/C21H25N3O3/c1-14-8-6-7-11-17(14)13-18(20(22)26)24-21(27)19(23-15(2)25)12-16-9-4-3-5-10-16/h3-11,18-19H,12-13H2,1-2H3,(H2,22,26)(H,23,25)(H,24,27)/t18-,19-/m1/s1. The summed E-state index contributed by atoms with van der Waals surface area (Å²) in [6.07, 6.45) is 0.619. The van der Waals surface area contributed by atoms with Crippen LogP contribution in [-0.4, -0.2) is 29.8 Å². The lowest BCUT2D eigenvalue weighted by atomic mass is 9.99. The van der Waals surface area contributed by atoms with Gasteiger partial charge in [0.1, 0.15) is 12.1 Å². The fraction of sp³-hybridized carbons (Fsp3) is 0.286. The number of carbonyl (C=O) groups excluding carboxylic acids is 3. The van der Waals surface area contributed by atoms with Crippen molar-refractivity contribution in [2.24, 2.45) is 5.73 Å². The fourth-order valence-electron chi connectivity index (χ4n) is 2.86. The van der Waals surface area contributed by atoms with Gasteiger partial charge in [0.25, 0.3) is 0 Å². The van der Waals surface area contributed by atoms with Gasteiger partial charge in [-0.15, -0.1) is 0 Å². The number of nitrogens with two attached hydrogens (primary N) is 1. The highest BCUT2D eigenvalue weighted by Gasteiger charge is 2.25. The molecule has 0 unspecified atom stereocenters. The molecule has 0 aliphatic heterocycles. The van der Waals surface area contributed by atoms with E-state index in [2.05, 4.69) is 10.6 Å². The minimum Gasteiger partial charge on any atom is -0.368 e. The van der Waals surface area contributed by atoms with Crippen LogP contribution < -0.4 is 16.4 Å². The smallest absolute Gasteiger partial charge is 0.243 e. The van der Waals surface area contributed by atoms with Gasteiger partial charge in [0.2, 0.25) is 17.7 Å². The van der Waals surface area contributed by atoms with Crippen molar-refractivity contribution in [2.75, 3.05) is 0 Å². The molecule has 27 heavy (non-hydrogen) atoms. The van der Waals surface area contributed by atoms with Crippen LogP contribution in [0.25, 0.3) is 0 Å². The second-order valence-corrected chi connectivity index (χ2v) is 6.54. The molecule has 0 bridgehead atoms. The number of hydrogen-bond acceptors (Lipinski definition) is 3. The first kappa shape index (κ1) is 20.2. The summed E-state index contributed by atoms with van der Waals surface area (Å²) >= 11 is 0. The summed E-state index contributed by atoms with van der Waals surface area (Å²) in [5, 5.41) is 5.33. The quantitative estimate of drug-likeness (QED) is 0.654. The van der Waals surface area contributed by atoms with Crippen LogP contribution in [0.4, 0.5) is 0 Å². The van der Waals surface area contributed by atoms with Crippen LogP contribution in [0.5, 0.6) is 0 Å². The Hall–Kier alpha value is -3.15. The maximum atomic E-state index is 12.7. The lowest BCUT2D eigenvalue weighted by Gasteiger charge is -2.22. The highest BCUT2D eigenvalue weighted by molar-refractivity contribution is 5.91. The molecule has 0 aliphatic carbocycles. The zero-order valence-corrected chi connectivity index (χ0v) is 15.6. The number of carbonyl (C=O) groups is 3. The van der Waals surface area contributed by atoms with Gasteiger partial charge in [-0.1, -0.05) is 54.6 Å². The van der Waals surface area contributed by atoms with Gasteiger partial charge in [0.15, 0.2) is 0 Å². The first-order valence-electron chi connectivity index (χ1n) is 8.82. The molecule has 142 valence electrons. The van der Waals surface area contributed by atoms with E-state index in [9.17, 15) is 14.4 Å². The van der Waals surface area contributed by atoms with Crippen LogP contribution in [0.3, 0.4) is 0 Å². The Labute approximate surface area is 159 Å². The first-order valence-corrected chi connectivity index (χ1v) is 8.82. The predicted octanol–water partition coefficient (Wildman–Crippen LogP) is 1.26. The topological polar surface area (TPSA) is 101 Å². The van der Waals surface area contributed by atoms with Gasteiger partial charge >= 0.3 is 0 Å². The van der Waals surface area contributed by atoms with Gasteiger partial charge in [0.05, 0.1) is 0 Å². The SMILES string of the molecule is CC(=O)N[C@H](Cc1ccccc1)C(=O)N[C@H](Cc1ccccc1C)C(N)=O. The lowest BCUT2D eigenvalue weighted by molar-refractivity contribution is -0.130. The Morgan fingerprint density at radius 1 is 0.889 bits per heavy atom. The molecule has 0 aromatic heterocycles. The molecule has 0 heterocycles. The summed E-state index contributed by atoms with van der Waals surface area (Å²) in [5.74, 6) is -1.38. The molecule has 2 atom stereocenters. The number of aryl methyl sites for hydroxylation is 1. The van der Waals surface area contributed by atoms with Crippen LogP contribution in [0.15, 0.2) is 54.6 Å². The Bertz CT molecular complexity index is 805. The molecular weight excluding hydrogens is 342 g/mol. The van der Waals surface area contributed by atoms with Crippen molar-refractivity contribution in [3.05, 3.63) is 71.3 Å². The van der Waals surface area contributed by atoms with Crippen LogP contribution in [-0.2, 0) is 27.2 Å². The Kier molecular flexibility index (Phi) is 7.11. The van der Waals surface area contributed by atoms with Gasteiger partial charge in [-0.25, -0.2) is 0 Å². The van der Waals surface area contributed by atoms with E-state index in [0.29, 0.717) is 12.8 Å². The van der Waals surface area contributed by atoms with Crippen molar-refractivity contribution >= 4 is 17.7 Å². The zero-order chi connectivity index (χ0) is 19.8. The average molecular weight is 367 g/mol. The second-order valence-electron chi connectivity index (χ2n) is 6.54. The molecule has 6 nitrogen and oxygen atoms in total. The van der Waals surface area contributed by atoms with E-state index in [1.54, 1.807) is 0 Å². The van der Waals surface area contributed by atoms with Crippen molar-refractivity contribution in [3.8, 4) is 0 Å². The van der Waals surface area contributed by atoms with Gasteiger partial charge in [-0.05, 0) is 23.6 Å². The van der Waals surface area contributed by atoms with E-state index >= 15 is 0 Å². The monoisotopic (exact) mass is 367 g/mol. The maximum Gasteiger partial charge on any atom is 0.243 e. The maximum absolute atomic E-state index is 12.7. The third-order valence-electron chi connectivity index (χ3n) is 4.32. The van der Waals surface area contributed by atoms with Crippen LogP contribution >= 0.6 is 0 Å². The van der Waals surface area contributed by atoms with Crippen molar-refractivity contribution in [1.29, 1.82) is 0 Å². The molecule has 0 spiro atoms. The third-order valence-corrected chi connectivity index (χ3v) is 4.32. The van der Waals surface area contributed by atoms with Gasteiger partial charge in [-0.3, -0.25) is 14.4 Å². The summed E-state index contributed by atoms with van der Waals surface area (Å²) in [7, 11) is 0. The number of nitrogens with one attached hydrogen (secondary N) is 2. The van der Waals surface area contributed by atoms with Crippen molar-refractivity contribution < 1.29 is 14.4 Å². The third kappa shape index (κ3) is 6.26. The first-order chi connectivity index (χ1) is 12.9. The largest absolute Gasteiger partial charge is 0.368 e. The molecule has 0 saturated heterocycles. The minimum atomic E-state index is -0.856. The lowest BCUT2D eigenvalue weighted by Crippen LogP contribution is -2.54. The molecule has 3 amide bonds.